The van der Waals surface area contributed by atoms with Crippen LogP contribution in [0, 0.1) is 5.82 Å². The number of para-hydroxylation sites is 2. The number of nitrogens with one attached hydrogen (secondary N) is 1. The Balaban J connectivity index is 1.50. The second-order valence-corrected chi connectivity index (χ2v) is 8.20. The SMILES string of the molecule is O=C(Nc1ccccc1N1CCCC1=O)c1nc(-c2cccs2)n(-c2cccc(F)c2)n1. The lowest BCUT2D eigenvalue weighted by atomic mass is 10.2. The molecule has 4 aromatic rings. The van der Waals surface area contributed by atoms with E-state index in [0.717, 1.165) is 11.3 Å². The van der Waals surface area contributed by atoms with Crippen LogP contribution in [0.1, 0.15) is 23.5 Å². The summed E-state index contributed by atoms with van der Waals surface area (Å²) >= 11 is 1.44. The van der Waals surface area contributed by atoms with Gasteiger partial charge in [-0.25, -0.2) is 14.1 Å². The minimum atomic E-state index is -0.517. The molecule has 1 aliphatic rings. The highest BCUT2D eigenvalue weighted by Crippen LogP contribution is 2.30. The van der Waals surface area contributed by atoms with E-state index in [0.29, 0.717) is 35.9 Å². The number of nitrogens with zero attached hydrogens (tertiary/aromatic N) is 4. The summed E-state index contributed by atoms with van der Waals surface area (Å²) in [6, 6.07) is 16.8. The molecule has 1 fully saturated rings. The molecule has 0 unspecified atom stereocenters. The molecule has 1 aliphatic heterocycles. The van der Waals surface area contributed by atoms with Crippen LogP contribution in [0.4, 0.5) is 15.8 Å². The fourth-order valence-corrected chi connectivity index (χ4v) is 4.36. The van der Waals surface area contributed by atoms with Crippen molar-refractivity contribution in [2.45, 2.75) is 12.8 Å². The van der Waals surface area contributed by atoms with E-state index >= 15 is 0 Å². The van der Waals surface area contributed by atoms with E-state index in [9.17, 15) is 14.0 Å². The van der Waals surface area contributed by atoms with Crippen LogP contribution in [0.2, 0.25) is 0 Å². The van der Waals surface area contributed by atoms with Crippen LogP contribution in [0.3, 0.4) is 0 Å². The van der Waals surface area contributed by atoms with Crippen LogP contribution >= 0.6 is 11.3 Å². The van der Waals surface area contributed by atoms with Crippen LogP contribution in [0.5, 0.6) is 0 Å². The number of carbonyl (C=O) groups excluding carboxylic acids is 2. The van der Waals surface area contributed by atoms with Gasteiger partial charge in [0.15, 0.2) is 5.82 Å². The molecule has 2 amide bonds. The van der Waals surface area contributed by atoms with Crippen molar-refractivity contribution in [3.8, 4) is 16.4 Å². The van der Waals surface area contributed by atoms with Gasteiger partial charge in [-0.1, -0.05) is 24.3 Å². The average molecular weight is 447 g/mol. The summed E-state index contributed by atoms with van der Waals surface area (Å²) in [6.07, 6.45) is 1.27. The van der Waals surface area contributed by atoms with Gasteiger partial charge in [0.1, 0.15) is 5.82 Å². The molecule has 3 heterocycles. The van der Waals surface area contributed by atoms with Crippen LogP contribution in [-0.2, 0) is 4.79 Å². The molecule has 0 atom stereocenters. The molecule has 0 aliphatic carbocycles. The molecule has 2 aromatic carbocycles. The fraction of sp³-hybridized carbons (Fsp3) is 0.130. The third-order valence-electron chi connectivity index (χ3n) is 5.12. The van der Waals surface area contributed by atoms with Crippen LogP contribution < -0.4 is 10.2 Å². The lowest BCUT2D eigenvalue weighted by Gasteiger charge is -2.19. The molecule has 160 valence electrons. The van der Waals surface area contributed by atoms with Crippen molar-refractivity contribution >= 4 is 34.5 Å². The largest absolute Gasteiger partial charge is 0.317 e. The zero-order chi connectivity index (χ0) is 22.1. The first-order valence-electron chi connectivity index (χ1n) is 10.1. The normalized spacial score (nSPS) is 13.5. The molecule has 0 saturated carbocycles. The minimum absolute atomic E-state index is 0.0280. The summed E-state index contributed by atoms with van der Waals surface area (Å²) in [4.78, 5) is 32.2. The maximum absolute atomic E-state index is 13.8. The standard InChI is InChI=1S/C23H18FN5O2S/c24-15-6-3-7-16(14-15)29-22(19-10-5-13-32-19)26-21(27-29)23(31)25-17-8-1-2-9-18(17)28-12-4-11-20(28)30/h1-3,5-10,13-14H,4,11-12H2,(H,25,31). The third kappa shape index (κ3) is 3.78. The molecule has 1 N–H and O–H groups in total. The monoisotopic (exact) mass is 447 g/mol. The molecule has 0 spiro atoms. The summed E-state index contributed by atoms with van der Waals surface area (Å²) in [5.41, 5.74) is 1.61. The van der Waals surface area contributed by atoms with E-state index in [-0.39, 0.29) is 11.7 Å². The van der Waals surface area contributed by atoms with Gasteiger partial charge in [0.25, 0.3) is 5.91 Å². The first kappa shape index (κ1) is 20.1. The number of anilines is 2. The second kappa shape index (κ2) is 8.35. The number of benzene rings is 2. The van der Waals surface area contributed by atoms with Crippen molar-refractivity contribution in [2.24, 2.45) is 0 Å². The molecule has 1 saturated heterocycles. The number of carbonyl (C=O) groups is 2. The summed E-state index contributed by atoms with van der Waals surface area (Å²) in [5.74, 6) is -0.512. The van der Waals surface area contributed by atoms with Gasteiger partial charge in [-0.05, 0) is 48.2 Å². The molecule has 2 aromatic heterocycles. The van der Waals surface area contributed by atoms with E-state index < -0.39 is 11.7 Å². The van der Waals surface area contributed by atoms with Gasteiger partial charge in [0, 0.05) is 13.0 Å². The highest BCUT2D eigenvalue weighted by molar-refractivity contribution is 7.13. The zero-order valence-corrected chi connectivity index (χ0v) is 17.7. The maximum atomic E-state index is 13.8. The first-order chi connectivity index (χ1) is 15.6. The number of amides is 2. The highest BCUT2D eigenvalue weighted by Gasteiger charge is 2.25. The van der Waals surface area contributed by atoms with E-state index in [1.165, 1.54) is 28.2 Å². The molecular weight excluding hydrogens is 429 g/mol. The summed E-state index contributed by atoms with van der Waals surface area (Å²) in [6.45, 7) is 0.612. The lowest BCUT2D eigenvalue weighted by Crippen LogP contribution is -2.25. The molecule has 5 rings (SSSR count). The summed E-state index contributed by atoms with van der Waals surface area (Å²) < 4.78 is 15.3. The lowest BCUT2D eigenvalue weighted by molar-refractivity contribution is -0.117. The smallest absolute Gasteiger partial charge is 0.295 e. The molecule has 32 heavy (non-hydrogen) atoms. The molecular formula is C23H18FN5O2S. The fourth-order valence-electron chi connectivity index (χ4n) is 3.66. The minimum Gasteiger partial charge on any atom is -0.317 e. The van der Waals surface area contributed by atoms with Gasteiger partial charge in [-0.2, -0.15) is 0 Å². The number of thiophene rings is 1. The molecule has 0 radical (unpaired) electrons. The topological polar surface area (TPSA) is 80.1 Å². The Morgan fingerprint density at radius 3 is 2.72 bits per heavy atom. The summed E-state index contributed by atoms with van der Waals surface area (Å²) in [5, 5.41) is 9.09. The number of hydrogen-bond acceptors (Lipinski definition) is 5. The maximum Gasteiger partial charge on any atom is 0.295 e. The molecule has 9 heteroatoms. The first-order valence-corrected chi connectivity index (χ1v) is 11.0. The van der Waals surface area contributed by atoms with E-state index in [1.54, 1.807) is 35.2 Å². The van der Waals surface area contributed by atoms with E-state index in [2.05, 4.69) is 15.4 Å². The van der Waals surface area contributed by atoms with Crippen molar-refractivity contribution < 1.29 is 14.0 Å². The number of halogens is 1. The zero-order valence-electron chi connectivity index (χ0n) is 16.9. The Bertz CT molecular complexity index is 1300. The van der Waals surface area contributed by atoms with Crippen molar-refractivity contribution in [3.05, 3.63) is 77.7 Å². The number of hydrogen-bond donors (Lipinski definition) is 1. The predicted molar refractivity (Wildman–Crippen MR) is 121 cm³/mol. The van der Waals surface area contributed by atoms with Gasteiger partial charge in [-0.15, -0.1) is 16.4 Å². The van der Waals surface area contributed by atoms with Crippen LogP contribution in [-0.4, -0.2) is 33.1 Å². The number of aromatic nitrogens is 3. The molecule has 0 bridgehead atoms. The van der Waals surface area contributed by atoms with Gasteiger partial charge in [0.05, 0.1) is 21.9 Å². The van der Waals surface area contributed by atoms with Gasteiger partial charge < -0.3 is 10.2 Å². The van der Waals surface area contributed by atoms with Crippen molar-refractivity contribution in [1.29, 1.82) is 0 Å². The molecule has 7 nitrogen and oxygen atoms in total. The predicted octanol–water partition coefficient (Wildman–Crippen LogP) is 4.51. The Morgan fingerprint density at radius 2 is 1.97 bits per heavy atom. The summed E-state index contributed by atoms with van der Waals surface area (Å²) in [7, 11) is 0. The van der Waals surface area contributed by atoms with E-state index in [4.69, 9.17) is 0 Å². The Morgan fingerprint density at radius 1 is 1.09 bits per heavy atom. The Labute approximate surface area is 187 Å². The average Bonchev–Trinajstić information content (AvgIpc) is 3.55. The second-order valence-electron chi connectivity index (χ2n) is 7.25. The Kier molecular flexibility index (Phi) is 5.24. The third-order valence-corrected chi connectivity index (χ3v) is 5.99. The van der Waals surface area contributed by atoms with Crippen LogP contribution in [0.15, 0.2) is 66.0 Å². The van der Waals surface area contributed by atoms with Gasteiger partial charge in [0.2, 0.25) is 11.7 Å². The Hall–Kier alpha value is -3.85. The van der Waals surface area contributed by atoms with E-state index in [1.807, 2.05) is 23.6 Å². The highest BCUT2D eigenvalue weighted by atomic mass is 32.1. The van der Waals surface area contributed by atoms with Gasteiger partial charge in [-0.3, -0.25) is 9.59 Å². The van der Waals surface area contributed by atoms with Crippen molar-refractivity contribution in [1.82, 2.24) is 14.8 Å². The number of rotatable bonds is 5. The quantitative estimate of drug-likeness (QED) is 0.488. The van der Waals surface area contributed by atoms with Gasteiger partial charge >= 0.3 is 0 Å². The van der Waals surface area contributed by atoms with Crippen molar-refractivity contribution in [3.63, 3.8) is 0 Å². The van der Waals surface area contributed by atoms with Crippen molar-refractivity contribution in [2.75, 3.05) is 16.8 Å². The van der Waals surface area contributed by atoms with Crippen LogP contribution in [0.25, 0.3) is 16.4 Å².